The van der Waals surface area contributed by atoms with Crippen molar-refractivity contribution in [3.8, 4) is 0 Å². The summed E-state index contributed by atoms with van der Waals surface area (Å²) >= 11 is 0. The molecule has 0 radical (unpaired) electrons. The Hall–Kier alpha value is -0.940. The van der Waals surface area contributed by atoms with Gasteiger partial charge in [-0.25, -0.2) is 12.8 Å². The molecule has 1 atom stereocenters. The fourth-order valence-corrected chi connectivity index (χ4v) is 2.34. The number of aryl methyl sites for hydroxylation is 1. The first-order valence-corrected chi connectivity index (χ1v) is 6.95. The molecule has 0 aromatic heterocycles. The minimum atomic E-state index is -3.21. The van der Waals surface area contributed by atoms with Crippen LogP contribution in [-0.4, -0.2) is 31.6 Å². The van der Waals surface area contributed by atoms with Crippen LogP contribution >= 0.6 is 0 Å². The number of sulfone groups is 1. The van der Waals surface area contributed by atoms with Gasteiger partial charge in [-0.2, -0.15) is 0 Å². The predicted octanol–water partition coefficient (Wildman–Crippen LogP) is 1.08. The highest BCUT2D eigenvalue weighted by molar-refractivity contribution is 7.90. The summed E-state index contributed by atoms with van der Waals surface area (Å²) in [6.45, 7) is 1.79. The lowest BCUT2D eigenvalue weighted by Gasteiger charge is -2.11. The first kappa shape index (κ1) is 13.1. The molecule has 3 nitrogen and oxygen atoms in total. The van der Waals surface area contributed by atoms with Gasteiger partial charge in [0.15, 0.2) is 0 Å². The fourth-order valence-electron chi connectivity index (χ4n) is 1.52. The molecule has 1 aromatic rings. The maximum atomic E-state index is 12.9. The van der Waals surface area contributed by atoms with Gasteiger partial charge in [-0.1, -0.05) is 6.07 Å². The summed E-state index contributed by atoms with van der Waals surface area (Å²) in [7, 11) is -3.21. The minimum Gasteiger partial charge on any atom is -0.392 e. The van der Waals surface area contributed by atoms with Gasteiger partial charge in [-0.05, 0) is 36.6 Å². The standard InChI is InChI=1S/C11H15FO3S/c1-8-3-4-10(12)5-9(8)6-11(13)7-16(2,14)15/h3-5,11,13H,6-7H2,1-2H3. The summed E-state index contributed by atoms with van der Waals surface area (Å²) in [4.78, 5) is 0. The van der Waals surface area contributed by atoms with Gasteiger partial charge in [-0.15, -0.1) is 0 Å². The topological polar surface area (TPSA) is 54.4 Å². The molecule has 0 saturated heterocycles. The van der Waals surface area contributed by atoms with Crippen LogP contribution in [0.5, 0.6) is 0 Å². The summed E-state index contributed by atoms with van der Waals surface area (Å²) in [6, 6.07) is 4.26. The lowest BCUT2D eigenvalue weighted by molar-refractivity contribution is 0.197. The van der Waals surface area contributed by atoms with Gasteiger partial charge in [0, 0.05) is 6.26 Å². The smallest absolute Gasteiger partial charge is 0.150 e. The molecule has 0 aliphatic heterocycles. The third-order valence-corrected chi connectivity index (χ3v) is 3.25. The van der Waals surface area contributed by atoms with Crippen LogP contribution in [0.4, 0.5) is 4.39 Å². The SMILES string of the molecule is Cc1ccc(F)cc1CC(O)CS(C)(=O)=O. The van der Waals surface area contributed by atoms with Crippen molar-refractivity contribution in [3.05, 3.63) is 35.1 Å². The first-order valence-electron chi connectivity index (χ1n) is 4.89. The zero-order valence-electron chi connectivity index (χ0n) is 9.27. The number of aliphatic hydroxyl groups is 1. The average molecular weight is 246 g/mol. The zero-order chi connectivity index (χ0) is 12.3. The summed E-state index contributed by atoms with van der Waals surface area (Å²) in [5.41, 5.74) is 1.48. The third-order valence-electron chi connectivity index (χ3n) is 2.26. The van der Waals surface area contributed by atoms with Crippen molar-refractivity contribution >= 4 is 9.84 Å². The van der Waals surface area contributed by atoms with E-state index in [1.54, 1.807) is 13.0 Å². The second-order valence-electron chi connectivity index (χ2n) is 4.02. The number of halogens is 1. The number of benzene rings is 1. The van der Waals surface area contributed by atoms with Crippen molar-refractivity contribution in [1.29, 1.82) is 0 Å². The molecule has 0 heterocycles. The molecule has 1 N–H and O–H groups in total. The van der Waals surface area contributed by atoms with Gasteiger partial charge in [0.25, 0.3) is 0 Å². The molecule has 1 aromatic carbocycles. The predicted molar refractivity (Wildman–Crippen MR) is 60.6 cm³/mol. The van der Waals surface area contributed by atoms with Crippen LogP contribution in [0.15, 0.2) is 18.2 Å². The molecular formula is C11H15FO3S. The number of hydrogen-bond acceptors (Lipinski definition) is 3. The molecule has 0 aliphatic rings. The third kappa shape index (κ3) is 4.28. The summed E-state index contributed by atoms with van der Waals surface area (Å²) < 4.78 is 34.8. The first-order chi connectivity index (χ1) is 7.28. The van der Waals surface area contributed by atoms with Crippen molar-refractivity contribution in [2.45, 2.75) is 19.4 Å². The quantitative estimate of drug-likeness (QED) is 0.865. The molecular weight excluding hydrogens is 231 g/mol. The lowest BCUT2D eigenvalue weighted by atomic mass is 10.0. The molecule has 0 spiro atoms. The van der Waals surface area contributed by atoms with Crippen LogP contribution in [0, 0.1) is 12.7 Å². The molecule has 0 bridgehead atoms. The van der Waals surface area contributed by atoms with E-state index >= 15 is 0 Å². The molecule has 0 saturated carbocycles. The lowest BCUT2D eigenvalue weighted by Crippen LogP contribution is -2.22. The molecule has 1 rings (SSSR count). The van der Waals surface area contributed by atoms with Crippen LogP contribution in [0.25, 0.3) is 0 Å². The molecule has 5 heteroatoms. The maximum absolute atomic E-state index is 12.9. The minimum absolute atomic E-state index is 0.149. The Balaban J connectivity index is 2.77. The Morgan fingerprint density at radius 3 is 2.62 bits per heavy atom. The van der Waals surface area contributed by atoms with Gasteiger partial charge in [0.05, 0.1) is 11.9 Å². The maximum Gasteiger partial charge on any atom is 0.150 e. The summed E-state index contributed by atoms with van der Waals surface area (Å²) in [6.07, 6.45) is 0.223. The summed E-state index contributed by atoms with van der Waals surface area (Å²) in [5, 5.41) is 9.55. The van der Waals surface area contributed by atoms with Crippen molar-refractivity contribution in [2.24, 2.45) is 0 Å². The molecule has 16 heavy (non-hydrogen) atoms. The van der Waals surface area contributed by atoms with Gasteiger partial charge in [0.1, 0.15) is 15.7 Å². The van der Waals surface area contributed by atoms with Crippen LogP contribution in [-0.2, 0) is 16.3 Å². The van der Waals surface area contributed by atoms with E-state index in [9.17, 15) is 17.9 Å². The van der Waals surface area contributed by atoms with Gasteiger partial charge >= 0.3 is 0 Å². The van der Waals surface area contributed by atoms with Crippen LogP contribution in [0.3, 0.4) is 0 Å². The second kappa shape index (κ2) is 4.93. The normalized spacial score (nSPS) is 13.8. The van der Waals surface area contributed by atoms with Crippen molar-refractivity contribution in [3.63, 3.8) is 0 Å². The van der Waals surface area contributed by atoms with E-state index in [4.69, 9.17) is 0 Å². The van der Waals surface area contributed by atoms with E-state index in [1.165, 1.54) is 12.1 Å². The van der Waals surface area contributed by atoms with Gasteiger partial charge < -0.3 is 5.11 Å². The highest BCUT2D eigenvalue weighted by Crippen LogP contribution is 2.13. The second-order valence-corrected chi connectivity index (χ2v) is 6.21. The van der Waals surface area contributed by atoms with Crippen molar-refractivity contribution in [1.82, 2.24) is 0 Å². The largest absolute Gasteiger partial charge is 0.392 e. The van der Waals surface area contributed by atoms with Crippen LogP contribution in [0.1, 0.15) is 11.1 Å². The van der Waals surface area contributed by atoms with Crippen molar-refractivity contribution in [2.75, 3.05) is 12.0 Å². The van der Waals surface area contributed by atoms with E-state index in [2.05, 4.69) is 0 Å². The summed E-state index contributed by atoms with van der Waals surface area (Å²) in [5.74, 6) is -0.685. The Bertz CT molecular complexity index is 468. The number of rotatable bonds is 4. The number of aliphatic hydroxyl groups excluding tert-OH is 1. The van der Waals surface area contributed by atoms with E-state index < -0.39 is 15.9 Å². The van der Waals surface area contributed by atoms with Crippen molar-refractivity contribution < 1.29 is 17.9 Å². The Morgan fingerprint density at radius 1 is 1.44 bits per heavy atom. The zero-order valence-corrected chi connectivity index (χ0v) is 10.1. The van der Waals surface area contributed by atoms with E-state index in [-0.39, 0.29) is 18.0 Å². The van der Waals surface area contributed by atoms with E-state index in [0.717, 1.165) is 11.8 Å². The molecule has 90 valence electrons. The molecule has 0 amide bonds. The van der Waals surface area contributed by atoms with E-state index in [1.807, 2.05) is 0 Å². The molecule has 0 fully saturated rings. The van der Waals surface area contributed by atoms with Crippen LogP contribution < -0.4 is 0 Å². The Morgan fingerprint density at radius 2 is 2.06 bits per heavy atom. The Labute approximate surface area is 94.8 Å². The fraction of sp³-hybridized carbons (Fsp3) is 0.455. The average Bonchev–Trinajstić information content (AvgIpc) is 2.08. The van der Waals surface area contributed by atoms with E-state index in [0.29, 0.717) is 5.56 Å². The Kier molecular flexibility index (Phi) is 4.04. The highest BCUT2D eigenvalue weighted by Gasteiger charge is 2.14. The highest BCUT2D eigenvalue weighted by atomic mass is 32.2. The number of hydrogen-bond donors (Lipinski definition) is 1. The van der Waals surface area contributed by atoms with Crippen LogP contribution in [0.2, 0.25) is 0 Å². The molecule has 0 aliphatic carbocycles. The van der Waals surface area contributed by atoms with Gasteiger partial charge in [-0.3, -0.25) is 0 Å². The van der Waals surface area contributed by atoms with Gasteiger partial charge in [0.2, 0.25) is 0 Å². The molecule has 1 unspecified atom stereocenters. The monoisotopic (exact) mass is 246 g/mol.